The molecule has 2 aromatic heterocycles. The molecule has 24 heavy (non-hydrogen) atoms. The van der Waals surface area contributed by atoms with E-state index in [1.165, 1.54) is 0 Å². The van der Waals surface area contributed by atoms with Crippen LogP contribution in [0.15, 0.2) is 23.5 Å². The molecular formula is C17H23N5O2. The largest absolute Gasteiger partial charge is 0.480 e. The third-order valence-corrected chi connectivity index (χ3v) is 4.01. The van der Waals surface area contributed by atoms with Crippen LogP contribution >= 0.6 is 0 Å². The fourth-order valence-electron chi connectivity index (χ4n) is 2.46. The number of H-pyrrole nitrogens is 1. The van der Waals surface area contributed by atoms with Gasteiger partial charge in [-0.1, -0.05) is 25.9 Å². The SMILES string of the molecule is COc1nc(C2=NOCC(C(C)(C)C)N2)ccc1-c1nc(C)c[nH]1. The Labute approximate surface area is 141 Å². The molecule has 1 aliphatic rings. The number of aromatic nitrogens is 3. The lowest BCUT2D eigenvalue weighted by Gasteiger charge is -2.33. The summed E-state index contributed by atoms with van der Waals surface area (Å²) in [6.45, 7) is 8.95. The second kappa shape index (κ2) is 6.14. The molecule has 0 aliphatic carbocycles. The average Bonchev–Trinajstić information content (AvgIpc) is 3.00. The van der Waals surface area contributed by atoms with Gasteiger partial charge in [0.15, 0.2) is 5.84 Å². The molecule has 1 aliphatic heterocycles. The standard InChI is InChI=1S/C17H23N5O2/c1-10-8-18-14(19-10)11-6-7-12(20-16(11)23-5)15-21-13(9-24-22-15)17(2,3)4/h6-8,13H,9H2,1-5H3,(H,18,19)(H,21,22). The maximum Gasteiger partial charge on any atom is 0.224 e. The van der Waals surface area contributed by atoms with Crippen molar-refractivity contribution in [3.63, 3.8) is 0 Å². The van der Waals surface area contributed by atoms with Gasteiger partial charge in [0.05, 0.1) is 24.4 Å². The summed E-state index contributed by atoms with van der Waals surface area (Å²) in [5.41, 5.74) is 2.44. The Kier molecular flexibility index (Phi) is 4.17. The van der Waals surface area contributed by atoms with Crippen LogP contribution in [-0.2, 0) is 4.84 Å². The number of aryl methyl sites for hydroxylation is 1. The Bertz CT molecular complexity index is 761. The van der Waals surface area contributed by atoms with E-state index in [1.807, 2.05) is 25.3 Å². The number of aromatic amines is 1. The van der Waals surface area contributed by atoms with Crippen molar-refractivity contribution in [2.45, 2.75) is 33.7 Å². The van der Waals surface area contributed by atoms with Crippen molar-refractivity contribution in [1.29, 1.82) is 0 Å². The summed E-state index contributed by atoms with van der Waals surface area (Å²) < 4.78 is 5.44. The third-order valence-electron chi connectivity index (χ3n) is 4.01. The molecule has 0 aromatic carbocycles. The minimum absolute atomic E-state index is 0.0525. The Morgan fingerprint density at radius 2 is 2.04 bits per heavy atom. The van der Waals surface area contributed by atoms with Gasteiger partial charge >= 0.3 is 0 Å². The highest BCUT2D eigenvalue weighted by Gasteiger charge is 2.30. The first kappa shape index (κ1) is 16.3. The van der Waals surface area contributed by atoms with Crippen molar-refractivity contribution < 1.29 is 9.57 Å². The predicted molar refractivity (Wildman–Crippen MR) is 92.0 cm³/mol. The quantitative estimate of drug-likeness (QED) is 0.904. The van der Waals surface area contributed by atoms with Gasteiger partial charge in [-0.25, -0.2) is 9.97 Å². The molecule has 0 spiro atoms. The van der Waals surface area contributed by atoms with E-state index in [0.29, 0.717) is 24.0 Å². The van der Waals surface area contributed by atoms with Crippen LogP contribution in [0.25, 0.3) is 11.4 Å². The van der Waals surface area contributed by atoms with Gasteiger partial charge in [0.25, 0.3) is 0 Å². The highest BCUT2D eigenvalue weighted by atomic mass is 16.6. The summed E-state index contributed by atoms with van der Waals surface area (Å²) in [6, 6.07) is 3.96. The molecular weight excluding hydrogens is 306 g/mol. The lowest BCUT2D eigenvalue weighted by atomic mass is 9.87. The van der Waals surface area contributed by atoms with Crippen LogP contribution < -0.4 is 10.1 Å². The van der Waals surface area contributed by atoms with Crippen molar-refractivity contribution in [1.82, 2.24) is 20.3 Å². The summed E-state index contributed by atoms with van der Waals surface area (Å²) >= 11 is 0. The molecule has 2 N–H and O–H groups in total. The molecule has 7 heteroatoms. The number of rotatable bonds is 3. The zero-order valence-corrected chi connectivity index (χ0v) is 14.7. The van der Waals surface area contributed by atoms with Gasteiger partial charge in [0.2, 0.25) is 5.88 Å². The maximum absolute atomic E-state index is 5.44. The summed E-state index contributed by atoms with van der Waals surface area (Å²) in [6.07, 6.45) is 1.84. The zero-order valence-electron chi connectivity index (χ0n) is 14.7. The second-order valence-electron chi connectivity index (χ2n) is 6.94. The normalized spacial score (nSPS) is 17.7. The van der Waals surface area contributed by atoms with Gasteiger partial charge in [-0.2, -0.15) is 0 Å². The van der Waals surface area contributed by atoms with Crippen LogP contribution in [0.3, 0.4) is 0 Å². The molecule has 0 amide bonds. The summed E-state index contributed by atoms with van der Waals surface area (Å²) in [5.74, 6) is 1.83. The van der Waals surface area contributed by atoms with Gasteiger partial charge in [-0.3, -0.25) is 0 Å². The first-order valence-corrected chi connectivity index (χ1v) is 7.93. The minimum Gasteiger partial charge on any atom is -0.480 e. The molecule has 0 bridgehead atoms. The van der Waals surface area contributed by atoms with E-state index in [9.17, 15) is 0 Å². The van der Waals surface area contributed by atoms with E-state index < -0.39 is 0 Å². The molecule has 1 unspecified atom stereocenters. The molecule has 3 rings (SSSR count). The Hall–Kier alpha value is -2.57. The number of hydrogen-bond acceptors (Lipinski definition) is 6. The Balaban J connectivity index is 1.91. The number of nitrogens with zero attached hydrogens (tertiary/aromatic N) is 3. The van der Waals surface area contributed by atoms with E-state index in [-0.39, 0.29) is 11.5 Å². The Morgan fingerprint density at radius 3 is 2.67 bits per heavy atom. The number of hydrogen-bond donors (Lipinski definition) is 2. The smallest absolute Gasteiger partial charge is 0.224 e. The summed E-state index contributed by atoms with van der Waals surface area (Å²) in [5, 5.41) is 7.52. The number of ether oxygens (including phenoxy) is 1. The van der Waals surface area contributed by atoms with Crippen LogP contribution in [0, 0.1) is 12.3 Å². The molecule has 0 radical (unpaired) electrons. The third kappa shape index (κ3) is 3.20. The van der Waals surface area contributed by atoms with Crippen molar-refractivity contribution in [2.75, 3.05) is 13.7 Å². The topological polar surface area (TPSA) is 84.4 Å². The van der Waals surface area contributed by atoms with E-state index in [0.717, 1.165) is 17.1 Å². The lowest BCUT2D eigenvalue weighted by Crippen LogP contribution is -2.49. The van der Waals surface area contributed by atoms with Gasteiger partial charge < -0.3 is 19.9 Å². The highest BCUT2D eigenvalue weighted by molar-refractivity contribution is 5.97. The number of pyridine rings is 1. The summed E-state index contributed by atoms with van der Waals surface area (Å²) in [7, 11) is 1.59. The van der Waals surface area contributed by atoms with Crippen molar-refractivity contribution in [3.8, 4) is 17.3 Å². The van der Waals surface area contributed by atoms with Crippen LogP contribution in [-0.4, -0.2) is 40.5 Å². The van der Waals surface area contributed by atoms with Crippen LogP contribution in [0.1, 0.15) is 32.2 Å². The van der Waals surface area contributed by atoms with Gasteiger partial charge in [0.1, 0.15) is 18.1 Å². The van der Waals surface area contributed by atoms with E-state index in [4.69, 9.17) is 9.57 Å². The first-order chi connectivity index (χ1) is 11.4. The van der Waals surface area contributed by atoms with Crippen LogP contribution in [0.4, 0.5) is 0 Å². The number of imidazole rings is 1. The van der Waals surface area contributed by atoms with E-state index in [1.54, 1.807) is 7.11 Å². The molecule has 2 aromatic rings. The van der Waals surface area contributed by atoms with Gasteiger partial charge in [-0.05, 0) is 24.5 Å². The number of oxime groups is 1. The minimum atomic E-state index is 0.0525. The average molecular weight is 329 g/mol. The van der Waals surface area contributed by atoms with Crippen LogP contribution in [0.5, 0.6) is 5.88 Å². The lowest BCUT2D eigenvalue weighted by molar-refractivity contribution is 0.0721. The van der Waals surface area contributed by atoms with Gasteiger partial charge in [0, 0.05) is 6.20 Å². The molecule has 128 valence electrons. The van der Waals surface area contributed by atoms with Crippen molar-refractivity contribution >= 4 is 5.84 Å². The summed E-state index contributed by atoms with van der Waals surface area (Å²) in [4.78, 5) is 17.5. The molecule has 0 fully saturated rings. The number of nitrogens with one attached hydrogen (secondary N) is 2. The first-order valence-electron chi connectivity index (χ1n) is 7.93. The zero-order chi connectivity index (χ0) is 17.3. The van der Waals surface area contributed by atoms with Gasteiger partial charge in [-0.15, -0.1) is 0 Å². The van der Waals surface area contributed by atoms with Crippen molar-refractivity contribution in [3.05, 3.63) is 29.7 Å². The highest BCUT2D eigenvalue weighted by Crippen LogP contribution is 2.27. The molecule has 1 atom stereocenters. The molecule has 0 saturated heterocycles. The fourth-order valence-corrected chi connectivity index (χ4v) is 2.46. The van der Waals surface area contributed by atoms with E-state index in [2.05, 4.69) is 46.2 Å². The monoisotopic (exact) mass is 329 g/mol. The molecule has 7 nitrogen and oxygen atoms in total. The Morgan fingerprint density at radius 1 is 1.25 bits per heavy atom. The second-order valence-corrected chi connectivity index (χ2v) is 6.94. The predicted octanol–water partition coefficient (Wildman–Crippen LogP) is 2.48. The molecule has 0 saturated carbocycles. The van der Waals surface area contributed by atoms with Crippen LogP contribution in [0.2, 0.25) is 0 Å². The number of methoxy groups -OCH3 is 1. The number of amidine groups is 1. The maximum atomic E-state index is 5.44. The molecule has 3 heterocycles. The van der Waals surface area contributed by atoms with E-state index >= 15 is 0 Å². The van der Waals surface area contributed by atoms with Crippen molar-refractivity contribution in [2.24, 2.45) is 10.6 Å². The fraction of sp³-hybridized carbons (Fsp3) is 0.471.